The SMILES string of the molecule is NC(=O)CCC(=O)Nc1ccc(Cl)c(Cl)c1Cl. The molecule has 1 rings (SSSR count). The second-order valence-electron chi connectivity index (χ2n) is 3.24. The van der Waals surface area contributed by atoms with Gasteiger partial charge in [0.1, 0.15) is 0 Å². The zero-order chi connectivity index (χ0) is 13.0. The highest BCUT2D eigenvalue weighted by atomic mass is 35.5. The summed E-state index contributed by atoms with van der Waals surface area (Å²) in [4.78, 5) is 21.9. The van der Waals surface area contributed by atoms with Crippen molar-refractivity contribution in [1.82, 2.24) is 0 Å². The van der Waals surface area contributed by atoms with Crippen molar-refractivity contribution in [1.29, 1.82) is 0 Å². The zero-order valence-corrected chi connectivity index (χ0v) is 10.9. The Kier molecular flexibility index (Phi) is 5.05. The van der Waals surface area contributed by atoms with Crippen LogP contribution < -0.4 is 11.1 Å². The van der Waals surface area contributed by atoms with Crippen LogP contribution in [0.5, 0.6) is 0 Å². The van der Waals surface area contributed by atoms with Crippen LogP contribution >= 0.6 is 34.8 Å². The van der Waals surface area contributed by atoms with Crippen LogP contribution in [0.2, 0.25) is 15.1 Å². The standard InChI is InChI=1S/C10H9Cl3N2O2/c11-5-1-2-6(10(13)9(5)12)15-8(17)4-3-7(14)16/h1-2H,3-4H2,(H2,14,16)(H,15,17). The molecule has 3 N–H and O–H groups in total. The van der Waals surface area contributed by atoms with Crippen LogP contribution in [0.1, 0.15) is 12.8 Å². The van der Waals surface area contributed by atoms with Gasteiger partial charge in [-0.2, -0.15) is 0 Å². The van der Waals surface area contributed by atoms with Gasteiger partial charge in [-0.25, -0.2) is 0 Å². The first kappa shape index (κ1) is 14.1. The average molecular weight is 296 g/mol. The largest absolute Gasteiger partial charge is 0.370 e. The number of hydrogen-bond donors (Lipinski definition) is 2. The highest BCUT2D eigenvalue weighted by Gasteiger charge is 2.11. The van der Waals surface area contributed by atoms with Gasteiger partial charge in [-0.3, -0.25) is 9.59 Å². The van der Waals surface area contributed by atoms with Crippen molar-refractivity contribution >= 4 is 52.3 Å². The van der Waals surface area contributed by atoms with Gasteiger partial charge in [0.15, 0.2) is 0 Å². The Hall–Kier alpha value is -0.970. The molecule has 0 atom stereocenters. The van der Waals surface area contributed by atoms with Crippen LogP contribution in [-0.4, -0.2) is 11.8 Å². The van der Waals surface area contributed by atoms with Crippen molar-refractivity contribution in [2.75, 3.05) is 5.32 Å². The van der Waals surface area contributed by atoms with Crippen LogP contribution in [0.4, 0.5) is 5.69 Å². The zero-order valence-electron chi connectivity index (χ0n) is 8.60. The van der Waals surface area contributed by atoms with E-state index in [0.717, 1.165) is 0 Å². The number of nitrogens with one attached hydrogen (secondary N) is 1. The van der Waals surface area contributed by atoms with Gasteiger partial charge >= 0.3 is 0 Å². The van der Waals surface area contributed by atoms with Crippen molar-refractivity contribution in [3.63, 3.8) is 0 Å². The topological polar surface area (TPSA) is 72.2 Å². The van der Waals surface area contributed by atoms with Gasteiger partial charge in [0, 0.05) is 12.8 Å². The predicted octanol–water partition coefficient (Wildman–Crippen LogP) is 2.85. The summed E-state index contributed by atoms with van der Waals surface area (Å²) in [7, 11) is 0. The van der Waals surface area contributed by atoms with Gasteiger partial charge in [-0.1, -0.05) is 34.8 Å². The number of primary amides is 1. The predicted molar refractivity (Wildman–Crippen MR) is 68.5 cm³/mol. The van der Waals surface area contributed by atoms with E-state index in [2.05, 4.69) is 5.32 Å². The quantitative estimate of drug-likeness (QED) is 0.838. The fraction of sp³-hybridized carbons (Fsp3) is 0.200. The molecule has 0 saturated heterocycles. The van der Waals surface area contributed by atoms with E-state index in [0.29, 0.717) is 10.7 Å². The van der Waals surface area contributed by atoms with E-state index in [-0.39, 0.29) is 28.8 Å². The highest BCUT2D eigenvalue weighted by molar-refractivity contribution is 6.49. The van der Waals surface area contributed by atoms with Crippen molar-refractivity contribution in [3.8, 4) is 0 Å². The summed E-state index contributed by atoms with van der Waals surface area (Å²) < 4.78 is 0. The summed E-state index contributed by atoms with van der Waals surface area (Å²) in [5, 5.41) is 3.14. The van der Waals surface area contributed by atoms with E-state index >= 15 is 0 Å². The van der Waals surface area contributed by atoms with Gasteiger partial charge < -0.3 is 11.1 Å². The molecule has 0 heterocycles. The molecule has 7 heteroatoms. The molecular formula is C10H9Cl3N2O2. The number of benzene rings is 1. The maximum Gasteiger partial charge on any atom is 0.224 e. The third kappa shape index (κ3) is 4.07. The van der Waals surface area contributed by atoms with Crippen molar-refractivity contribution < 1.29 is 9.59 Å². The first-order valence-corrected chi connectivity index (χ1v) is 5.77. The third-order valence-corrected chi connectivity index (χ3v) is 3.20. The molecule has 0 radical (unpaired) electrons. The number of amides is 2. The first-order valence-electron chi connectivity index (χ1n) is 4.63. The minimum absolute atomic E-state index is 0.00803. The molecule has 0 fully saturated rings. The van der Waals surface area contributed by atoms with Gasteiger partial charge in [-0.05, 0) is 12.1 Å². The number of carbonyl (C=O) groups excluding carboxylic acids is 2. The number of halogens is 3. The number of anilines is 1. The molecule has 0 aliphatic heterocycles. The summed E-state index contributed by atoms with van der Waals surface area (Å²) >= 11 is 17.4. The Balaban J connectivity index is 2.72. The van der Waals surface area contributed by atoms with E-state index < -0.39 is 5.91 Å². The summed E-state index contributed by atoms with van der Waals surface area (Å²) in [5.41, 5.74) is 5.27. The molecule has 0 aromatic heterocycles. The second kappa shape index (κ2) is 6.10. The third-order valence-electron chi connectivity index (χ3n) is 1.91. The number of hydrogen-bond acceptors (Lipinski definition) is 2. The fourth-order valence-corrected chi connectivity index (χ4v) is 1.65. The van der Waals surface area contributed by atoms with E-state index in [9.17, 15) is 9.59 Å². The molecule has 17 heavy (non-hydrogen) atoms. The molecule has 1 aromatic rings. The maximum absolute atomic E-state index is 11.4. The van der Waals surface area contributed by atoms with Gasteiger partial charge in [0.2, 0.25) is 11.8 Å². The number of rotatable bonds is 4. The van der Waals surface area contributed by atoms with Gasteiger partial charge in [0.25, 0.3) is 0 Å². The monoisotopic (exact) mass is 294 g/mol. The van der Waals surface area contributed by atoms with Crippen LogP contribution in [0.15, 0.2) is 12.1 Å². The smallest absolute Gasteiger partial charge is 0.224 e. The van der Waals surface area contributed by atoms with Crippen LogP contribution in [0, 0.1) is 0 Å². The van der Waals surface area contributed by atoms with Crippen molar-refractivity contribution in [3.05, 3.63) is 27.2 Å². The maximum atomic E-state index is 11.4. The normalized spacial score (nSPS) is 10.1. The average Bonchev–Trinajstić information content (AvgIpc) is 2.27. The molecule has 0 aliphatic carbocycles. The fourth-order valence-electron chi connectivity index (χ4n) is 1.07. The first-order chi connectivity index (χ1) is 7.91. The minimum atomic E-state index is -0.541. The molecular weight excluding hydrogens is 286 g/mol. The number of carbonyl (C=O) groups is 2. The molecule has 1 aromatic carbocycles. The summed E-state index contributed by atoms with van der Waals surface area (Å²) in [6.07, 6.45) is -0.0311. The Morgan fingerprint density at radius 1 is 1.12 bits per heavy atom. The Labute approximate surface area is 113 Å². The molecule has 92 valence electrons. The molecule has 0 bridgehead atoms. The van der Waals surface area contributed by atoms with Crippen molar-refractivity contribution in [2.45, 2.75) is 12.8 Å². The highest BCUT2D eigenvalue weighted by Crippen LogP contribution is 2.35. The summed E-state index contributed by atoms with van der Waals surface area (Å²) in [6.45, 7) is 0. The number of nitrogens with two attached hydrogens (primary N) is 1. The van der Waals surface area contributed by atoms with Crippen LogP contribution in [0.25, 0.3) is 0 Å². The molecule has 4 nitrogen and oxygen atoms in total. The Morgan fingerprint density at radius 2 is 1.76 bits per heavy atom. The molecule has 0 spiro atoms. The lowest BCUT2D eigenvalue weighted by Crippen LogP contribution is -2.17. The van der Waals surface area contributed by atoms with E-state index in [1.54, 1.807) is 0 Å². The Morgan fingerprint density at radius 3 is 2.35 bits per heavy atom. The van der Waals surface area contributed by atoms with Gasteiger partial charge in [0.05, 0.1) is 20.8 Å². The minimum Gasteiger partial charge on any atom is -0.370 e. The molecule has 0 aliphatic rings. The molecule has 0 unspecified atom stereocenters. The second-order valence-corrected chi connectivity index (χ2v) is 4.40. The van der Waals surface area contributed by atoms with Crippen LogP contribution in [-0.2, 0) is 9.59 Å². The van der Waals surface area contributed by atoms with E-state index in [4.69, 9.17) is 40.5 Å². The molecule has 0 saturated carbocycles. The lowest BCUT2D eigenvalue weighted by Gasteiger charge is -2.08. The molecule has 2 amide bonds. The van der Waals surface area contributed by atoms with E-state index in [1.165, 1.54) is 12.1 Å². The summed E-state index contributed by atoms with van der Waals surface area (Å²) in [5.74, 6) is -0.913. The lowest BCUT2D eigenvalue weighted by molar-refractivity contribution is -0.122. The summed E-state index contributed by atoms with van der Waals surface area (Å²) in [6, 6.07) is 3.04. The van der Waals surface area contributed by atoms with Crippen LogP contribution in [0.3, 0.4) is 0 Å². The Bertz CT molecular complexity index is 463. The van der Waals surface area contributed by atoms with Crippen molar-refractivity contribution in [2.24, 2.45) is 5.73 Å². The van der Waals surface area contributed by atoms with E-state index in [1.807, 2.05) is 0 Å². The lowest BCUT2D eigenvalue weighted by atomic mass is 10.2. The van der Waals surface area contributed by atoms with Gasteiger partial charge in [-0.15, -0.1) is 0 Å².